The average Bonchev–Trinajstić information content (AvgIpc) is 3.49. The summed E-state index contributed by atoms with van der Waals surface area (Å²) in [4.78, 5) is 20.1. The molecule has 1 aliphatic heterocycles. The molecular formula is C27H33ClN6O5S. The van der Waals surface area contributed by atoms with Gasteiger partial charge in [-0.2, -0.15) is 0 Å². The third-order valence-corrected chi connectivity index (χ3v) is 8.49. The lowest BCUT2D eigenvalue weighted by Gasteiger charge is -2.36. The monoisotopic (exact) mass is 588 g/mol. The maximum atomic E-state index is 12.8. The number of sulfonamides is 1. The Balaban J connectivity index is 0.00000370. The van der Waals surface area contributed by atoms with Gasteiger partial charge in [-0.25, -0.2) is 8.42 Å². The molecule has 0 atom stereocenters. The standard InChI is InChI=1S/C27H32N6O5S.ClH/c1-18-27(19(2)38-30-18)39(35,36)31-21-3-5-22(6-4-21)32-11-13-33(14-12-32)26(34)17-37-23-7-8-25-24(15-23)20(9-10-28)16-29-25;/h3-8,15-16,29,31H,9-14,17,28H2,1-2H3;1H. The Kier molecular flexibility index (Phi) is 8.92. The zero-order valence-electron chi connectivity index (χ0n) is 22.3. The first-order valence-corrected chi connectivity index (χ1v) is 14.2. The second-order valence-electron chi connectivity index (χ2n) is 9.52. The number of aryl methyl sites for hydroxylation is 2. The second kappa shape index (κ2) is 12.2. The predicted molar refractivity (Wildman–Crippen MR) is 156 cm³/mol. The first-order valence-electron chi connectivity index (χ1n) is 12.8. The highest BCUT2D eigenvalue weighted by Gasteiger charge is 2.25. The predicted octanol–water partition coefficient (Wildman–Crippen LogP) is 3.22. The van der Waals surface area contributed by atoms with Crippen molar-refractivity contribution < 1.29 is 22.5 Å². The van der Waals surface area contributed by atoms with Gasteiger partial charge in [0, 0.05) is 54.7 Å². The van der Waals surface area contributed by atoms with E-state index in [4.69, 9.17) is 15.0 Å². The van der Waals surface area contributed by atoms with Gasteiger partial charge in [-0.15, -0.1) is 12.4 Å². The van der Waals surface area contributed by atoms with Crippen molar-refractivity contribution in [3.63, 3.8) is 0 Å². The van der Waals surface area contributed by atoms with Gasteiger partial charge >= 0.3 is 0 Å². The van der Waals surface area contributed by atoms with E-state index in [0.717, 1.165) is 28.6 Å². The minimum Gasteiger partial charge on any atom is -0.484 e. The molecule has 1 fully saturated rings. The van der Waals surface area contributed by atoms with E-state index in [1.54, 1.807) is 30.9 Å². The van der Waals surface area contributed by atoms with E-state index >= 15 is 0 Å². The van der Waals surface area contributed by atoms with Crippen LogP contribution in [0.15, 0.2) is 58.1 Å². The number of anilines is 2. The molecule has 1 amide bonds. The lowest BCUT2D eigenvalue weighted by atomic mass is 10.1. The van der Waals surface area contributed by atoms with Gasteiger partial charge in [0.15, 0.2) is 17.3 Å². The molecule has 0 spiro atoms. The molecule has 40 heavy (non-hydrogen) atoms. The summed E-state index contributed by atoms with van der Waals surface area (Å²) in [6.45, 7) is 6.15. The van der Waals surface area contributed by atoms with Gasteiger partial charge < -0.3 is 29.8 Å². The maximum absolute atomic E-state index is 12.8. The van der Waals surface area contributed by atoms with Crippen LogP contribution in [0.3, 0.4) is 0 Å². The number of nitrogens with two attached hydrogens (primary N) is 1. The van der Waals surface area contributed by atoms with Gasteiger partial charge in [-0.3, -0.25) is 9.52 Å². The Bertz CT molecular complexity index is 1560. The summed E-state index contributed by atoms with van der Waals surface area (Å²) in [5.74, 6) is 0.834. The highest BCUT2D eigenvalue weighted by atomic mass is 35.5. The molecule has 0 saturated carbocycles. The van der Waals surface area contributed by atoms with Crippen molar-refractivity contribution in [1.82, 2.24) is 15.0 Å². The largest absolute Gasteiger partial charge is 0.484 e. The highest BCUT2D eigenvalue weighted by molar-refractivity contribution is 7.92. The fourth-order valence-corrected chi connectivity index (χ4v) is 6.26. The summed E-state index contributed by atoms with van der Waals surface area (Å²) < 4.78 is 38.9. The molecule has 3 heterocycles. The maximum Gasteiger partial charge on any atom is 0.267 e. The van der Waals surface area contributed by atoms with Gasteiger partial charge in [0.25, 0.3) is 15.9 Å². The van der Waals surface area contributed by atoms with E-state index in [1.807, 2.05) is 36.5 Å². The number of H-pyrrole nitrogens is 1. The van der Waals surface area contributed by atoms with Crippen LogP contribution in [0, 0.1) is 13.8 Å². The Morgan fingerprint density at radius 3 is 2.50 bits per heavy atom. The number of piperazine rings is 1. The number of benzene rings is 2. The Hall–Kier alpha value is -3.74. The van der Waals surface area contributed by atoms with Crippen LogP contribution in [0.2, 0.25) is 0 Å². The first-order chi connectivity index (χ1) is 18.7. The number of rotatable bonds is 9. The normalized spacial score (nSPS) is 13.8. The van der Waals surface area contributed by atoms with Crippen LogP contribution in [0.5, 0.6) is 5.75 Å². The number of carbonyl (C=O) groups excluding carboxylic acids is 1. The Labute approximate surface area is 239 Å². The number of fused-ring (bicyclic) bond motifs is 1. The molecule has 13 heteroatoms. The van der Waals surface area contributed by atoms with Crippen molar-refractivity contribution in [2.75, 3.05) is 49.0 Å². The number of halogens is 1. The Morgan fingerprint density at radius 1 is 1.12 bits per heavy atom. The van der Waals surface area contributed by atoms with Gasteiger partial charge in [0.05, 0.1) is 0 Å². The van der Waals surface area contributed by atoms with E-state index in [1.165, 1.54) is 0 Å². The van der Waals surface area contributed by atoms with E-state index in [9.17, 15) is 13.2 Å². The third kappa shape index (κ3) is 6.19. The molecular weight excluding hydrogens is 556 g/mol. The van der Waals surface area contributed by atoms with Crippen LogP contribution in [0.25, 0.3) is 10.9 Å². The van der Waals surface area contributed by atoms with Crippen molar-refractivity contribution in [2.24, 2.45) is 5.73 Å². The topological polar surface area (TPSA) is 147 Å². The fourth-order valence-electron chi connectivity index (χ4n) is 4.86. The molecule has 1 saturated heterocycles. The molecule has 2 aromatic heterocycles. The number of aromatic amines is 1. The van der Waals surface area contributed by atoms with Crippen molar-refractivity contribution in [3.05, 3.63) is 65.7 Å². The van der Waals surface area contributed by atoms with Crippen molar-refractivity contribution in [1.29, 1.82) is 0 Å². The van der Waals surface area contributed by atoms with Crippen LogP contribution in [0.1, 0.15) is 17.0 Å². The number of nitrogens with zero attached hydrogens (tertiary/aromatic N) is 3. The summed E-state index contributed by atoms with van der Waals surface area (Å²) in [7, 11) is -3.81. The van der Waals surface area contributed by atoms with Crippen molar-refractivity contribution >= 4 is 50.6 Å². The van der Waals surface area contributed by atoms with Crippen molar-refractivity contribution in [3.8, 4) is 5.75 Å². The molecule has 0 aliphatic carbocycles. The molecule has 0 unspecified atom stereocenters. The number of aromatic nitrogens is 2. The lowest BCUT2D eigenvalue weighted by Crippen LogP contribution is -2.50. The highest BCUT2D eigenvalue weighted by Crippen LogP contribution is 2.26. The molecule has 1 aliphatic rings. The number of amides is 1. The fraction of sp³-hybridized carbons (Fsp3) is 0.333. The van der Waals surface area contributed by atoms with Gasteiger partial charge in [0.2, 0.25) is 0 Å². The molecule has 5 rings (SSSR count). The summed E-state index contributed by atoms with van der Waals surface area (Å²) in [5.41, 5.74) is 9.55. The number of nitrogens with one attached hydrogen (secondary N) is 2. The SMILES string of the molecule is Cc1noc(C)c1S(=O)(=O)Nc1ccc(N2CCN(C(=O)COc3ccc4[nH]cc(CCN)c4c3)CC2)cc1.Cl. The van der Waals surface area contributed by atoms with Crippen LogP contribution >= 0.6 is 12.4 Å². The van der Waals surface area contributed by atoms with Crippen molar-refractivity contribution in [2.45, 2.75) is 25.2 Å². The van der Waals surface area contributed by atoms with Crippen LogP contribution in [-0.2, 0) is 21.2 Å². The van der Waals surface area contributed by atoms with Crippen LogP contribution in [-0.4, -0.2) is 68.7 Å². The first kappa shape index (κ1) is 29.2. The minimum absolute atomic E-state index is 0. The molecule has 4 aromatic rings. The number of ether oxygens (including phenoxy) is 1. The molecule has 4 N–H and O–H groups in total. The summed E-state index contributed by atoms with van der Waals surface area (Å²) in [6, 6.07) is 12.9. The van der Waals surface area contributed by atoms with Gasteiger partial charge in [0.1, 0.15) is 11.4 Å². The zero-order chi connectivity index (χ0) is 27.6. The molecule has 214 valence electrons. The summed E-state index contributed by atoms with van der Waals surface area (Å²) in [6.07, 6.45) is 2.73. The van der Waals surface area contributed by atoms with Gasteiger partial charge in [-0.05, 0) is 74.8 Å². The molecule has 11 nitrogen and oxygen atoms in total. The quantitative estimate of drug-likeness (QED) is 0.270. The smallest absolute Gasteiger partial charge is 0.267 e. The summed E-state index contributed by atoms with van der Waals surface area (Å²) >= 11 is 0. The van der Waals surface area contributed by atoms with E-state index < -0.39 is 10.0 Å². The molecule has 2 aromatic carbocycles. The lowest BCUT2D eigenvalue weighted by molar-refractivity contribution is -0.133. The number of hydrogen-bond donors (Lipinski definition) is 3. The van der Waals surface area contributed by atoms with E-state index in [-0.39, 0.29) is 35.6 Å². The zero-order valence-corrected chi connectivity index (χ0v) is 24.0. The van der Waals surface area contributed by atoms with Crippen LogP contribution < -0.4 is 20.1 Å². The number of hydrogen-bond acceptors (Lipinski definition) is 8. The van der Waals surface area contributed by atoms with E-state index in [2.05, 4.69) is 19.8 Å². The van der Waals surface area contributed by atoms with Crippen LogP contribution in [0.4, 0.5) is 11.4 Å². The third-order valence-electron chi connectivity index (χ3n) is 6.87. The second-order valence-corrected chi connectivity index (χ2v) is 11.1. The minimum atomic E-state index is -3.81. The average molecular weight is 589 g/mol. The van der Waals surface area contributed by atoms with Gasteiger partial charge in [-0.1, -0.05) is 5.16 Å². The number of carbonyl (C=O) groups is 1. The molecule has 0 radical (unpaired) electrons. The summed E-state index contributed by atoms with van der Waals surface area (Å²) in [5, 5.41) is 4.78. The molecule has 0 bridgehead atoms. The Morgan fingerprint density at radius 2 is 1.85 bits per heavy atom. The van der Waals surface area contributed by atoms with E-state index in [0.29, 0.717) is 49.9 Å².